The number of benzene rings is 3. The molecule has 0 spiro atoms. The number of methoxy groups -OCH3 is 1. The Morgan fingerprint density at radius 3 is 2.14 bits per heavy atom. The number of halogens is 1. The molecule has 198 valence electrons. The molecule has 0 bridgehead atoms. The molecule has 37 heavy (non-hydrogen) atoms. The molecule has 9 nitrogen and oxygen atoms in total. The molecule has 0 unspecified atom stereocenters. The molecular weight excluding hydrogens is 538 g/mol. The molecule has 0 saturated heterocycles. The SMILES string of the molecule is COc1ccc(C)cc1S(=O)(=O)N(CC(=O)NCCNS(=O)(=O)c1ccc(C)cc1)c1ccc(Cl)cc1. The smallest absolute Gasteiger partial charge is 0.268 e. The summed E-state index contributed by atoms with van der Waals surface area (Å²) < 4.78 is 60.8. The fourth-order valence-electron chi connectivity index (χ4n) is 3.40. The van der Waals surface area contributed by atoms with Crippen LogP contribution in [0.25, 0.3) is 0 Å². The summed E-state index contributed by atoms with van der Waals surface area (Å²) in [5, 5.41) is 2.96. The minimum Gasteiger partial charge on any atom is -0.495 e. The maximum atomic E-state index is 13.7. The van der Waals surface area contributed by atoms with Gasteiger partial charge in [-0.15, -0.1) is 0 Å². The van der Waals surface area contributed by atoms with E-state index >= 15 is 0 Å². The normalized spacial score (nSPS) is 11.7. The average Bonchev–Trinajstić information content (AvgIpc) is 2.86. The predicted octanol–water partition coefficient (Wildman–Crippen LogP) is 3.26. The highest BCUT2D eigenvalue weighted by molar-refractivity contribution is 7.93. The van der Waals surface area contributed by atoms with Gasteiger partial charge in [0.15, 0.2) is 0 Å². The minimum absolute atomic E-state index is 0.0494. The number of rotatable bonds is 11. The lowest BCUT2D eigenvalue weighted by Crippen LogP contribution is -2.43. The Hall–Kier alpha value is -3.12. The van der Waals surface area contributed by atoms with Crippen molar-refractivity contribution in [3.8, 4) is 5.75 Å². The van der Waals surface area contributed by atoms with E-state index in [1.807, 2.05) is 6.92 Å². The van der Waals surface area contributed by atoms with E-state index in [0.717, 1.165) is 9.87 Å². The fourth-order valence-corrected chi connectivity index (χ4v) is 6.22. The van der Waals surface area contributed by atoms with Crippen LogP contribution in [0.1, 0.15) is 11.1 Å². The van der Waals surface area contributed by atoms with Gasteiger partial charge in [-0.1, -0.05) is 35.4 Å². The number of nitrogens with one attached hydrogen (secondary N) is 2. The number of ether oxygens (including phenoxy) is 1. The summed E-state index contributed by atoms with van der Waals surface area (Å²) in [5.41, 5.74) is 1.85. The molecule has 0 atom stereocenters. The third kappa shape index (κ3) is 7.22. The Labute approximate surface area is 222 Å². The highest BCUT2D eigenvalue weighted by Crippen LogP contribution is 2.31. The summed E-state index contributed by atoms with van der Waals surface area (Å²) in [6.07, 6.45) is 0. The van der Waals surface area contributed by atoms with Crippen molar-refractivity contribution < 1.29 is 26.4 Å². The number of carbonyl (C=O) groups excluding carboxylic acids is 1. The molecular formula is C25H28ClN3O6S2. The minimum atomic E-state index is -4.23. The summed E-state index contributed by atoms with van der Waals surface area (Å²) in [6, 6.07) is 17.1. The largest absolute Gasteiger partial charge is 0.495 e. The van der Waals surface area contributed by atoms with E-state index in [-0.39, 0.29) is 34.3 Å². The number of carbonyl (C=O) groups is 1. The monoisotopic (exact) mass is 565 g/mol. The van der Waals surface area contributed by atoms with Gasteiger partial charge in [-0.3, -0.25) is 9.10 Å². The highest BCUT2D eigenvalue weighted by Gasteiger charge is 2.30. The van der Waals surface area contributed by atoms with Crippen LogP contribution < -0.4 is 19.1 Å². The molecule has 0 heterocycles. The first-order valence-corrected chi connectivity index (χ1v) is 14.5. The van der Waals surface area contributed by atoms with Crippen LogP contribution in [0.4, 0.5) is 5.69 Å². The van der Waals surface area contributed by atoms with E-state index in [1.54, 1.807) is 31.2 Å². The second-order valence-corrected chi connectivity index (χ2v) is 12.2. The zero-order valence-corrected chi connectivity index (χ0v) is 23.0. The molecule has 2 N–H and O–H groups in total. The van der Waals surface area contributed by atoms with E-state index in [4.69, 9.17) is 16.3 Å². The van der Waals surface area contributed by atoms with Crippen LogP contribution in [0, 0.1) is 13.8 Å². The van der Waals surface area contributed by atoms with E-state index in [0.29, 0.717) is 10.6 Å². The maximum Gasteiger partial charge on any atom is 0.268 e. The Morgan fingerprint density at radius 1 is 0.892 bits per heavy atom. The molecule has 0 aliphatic rings. The topological polar surface area (TPSA) is 122 Å². The number of hydrogen-bond acceptors (Lipinski definition) is 6. The van der Waals surface area contributed by atoms with Crippen molar-refractivity contribution in [1.29, 1.82) is 0 Å². The van der Waals surface area contributed by atoms with E-state index in [1.165, 1.54) is 49.6 Å². The lowest BCUT2D eigenvalue weighted by atomic mass is 10.2. The van der Waals surface area contributed by atoms with Gasteiger partial charge in [0.25, 0.3) is 10.0 Å². The predicted molar refractivity (Wildman–Crippen MR) is 143 cm³/mol. The molecule has 0 aliphatic heterocycles. The van der Waals surface area contributed by atoms with E-state index in [2.05, 4.69) is 10.0 Å². The first-order chi connectivity index (χ1) is 17.4. The highest BCUT2D eigenvalue weighted by atomic mass is 35.5. The Bertz CT molecular complexity index is 1460. The number of anilines is 1. The second-order valence-electron chi connectivity index (χ2n) is 8.20. The van der Waals surface area contributed by atoms with Crippen LogP contribution in [0.15, 0.2) is 76.5 Å². The summed E-state index contributed by atoms with van der Waals surface area (Å²) in [7, 11) is -6.62. The first-order valence-electron chi connectivity index (χ1n) is 11.2. The Morgan fingerprint density at radius 2 is 1.51 bits per heavy atom. The van der Waals surface area contributed by atoms with E-state index in [9.17, 15) is 21.6 Å². The van der Waals surface area contributed by atoms with Crippen molar-refractivity contribution in [2.45, 2.75) is 23.6 Å². The Balaban J connectivity index is 1.75. The summed E-state index contributed by atoms with van der Waals surface area (Å²) in [6.45, 7) is 2.91. The van der Waals surface area contributed by atoms with Crippen molar-refractivity contribution in [2.75, 3.05) is 31.0 Å². The molecule has 0 saturated carbocycles. The van der Waals surface area contributed by atoms with Crippen LogP contribution in [0.5, 0.6) is 5.75 Å². The van der Waals surface area contributed by atoms with Gasteiger partial charge >= 0.3 is 0 Å². The molecule has 12 heteroatoms. The van der Waals surface area contributed by atoms with Crippen LogP contribution >= 0.6 is 11.6 Å². The third-order valence-corrected chi connectivity index (χ3v) is 8.88. The summed E-state index contributed by atoms with van der Waals surface area (Å²) in [4.78, 5) is 12.8. The van der Waals surface area contributed by atoms with Gasteiger partial charge in [0, 0.05) is 18.1 Å². The zero-order chi connectivity index (χ0) is 27.2. The average molecular weight is 566 g/mol. The quantitative estimate of drug-likeness (QED) is 0.344. The molecule has 3 aromatic carbocycles. The Kier molecular flexibility index (Phi) is 9.19. The lowest BCUT2D eigenvalue weighted by molar-refractivity contribution is -0.119. The van der Waals surface area contributed by atoms with Gasteiger partial charge in [0.05, 0.1) is 17.7 Å². The molecule has 0 radical (unpaired) electrons. The first kappa shape index (κ1) is 28.5. The fraction of sp³-hybridized carbons (Fsp3) is 0.240. The van der Waals surface area contributed by atoms with Gasteiger partial charge in [0.2, 0.25) is 15.9 Å². The number of hydrogen-bond donors (Lipinski definition) is 2. The van der Waals surface area contributed by atoms with Crippen molar-refractivity contribution in [1.82, 2.24) is 10.0 Å². The molecule has 0 aliphatic carbocycles. The van der Waals surface area contributed by atoms with E-state index < -0.39 is 32.5 Å². The van der Waals surface area contributed by atoms with Crippen LogP contribution in [0.3, 0.4) is 0 Å². The second kappa shape index (κ2) is 12.0. The molecule has 0 aromatic heterocycles. The maximum absolute atomic E-state index is 13.7. The molecule has 3 aromatic rings. The standard InChI is InChI=1S/C25H28ClN3O6S2/c1-18-4-11-22(12-5-18)36(31,32)28-15-14-27-25(30)17-29(21-9-7-20(26)8-10-21)37(33,34)24-16-19(2)6-13-23(24)35-3/h4-13,16,28H,14-15,17H2,1-3H3,(H,27,30). The third-order valence-electron chi connectivity index (χ3n) is 5.36. The van der Waals surface area contributed by atoms with Gasteiger partial charge in [-0.25, -0.2) is 21.6 Å². The van der Waals surface area contributed by atoms with Gasteiger partial charge < -0.3 is 10.1 Å². The van der Waals surface area contributed by atoms with Crippen molar-refractivity contribution in [2.24, 2.45) is 0 Å². The van der Waals surface area contributed by atoms with Gasteiger partial charge in [-0.05, 0) is 67.9 Å². The lowest BCUT2D eigenvalue weighted by Gasteiger charge is -2.25. The zero-order valence-electron chi connectivity index (χ0n) is 20.6. The number of sulfonamides is 2. The van der Waals surface area contributed by atoms with Crippen molar-refractivity contribution in [3.05, 3.63) is 82.9 Å². The van der Waals surface area contributed by atoms with Crippen molar-refractivity contribution in [3.63, 3.8) is 0 Å². The summed E-state index contributed by atoms with van der Waals surface area (Å²) >= 11 is 5.97. The number of aryl methyl sites for hydroxylation is 2. The van der Waals surface area contributed by atoms with Crippen LogP contribution in [-0.4, -0.2) is 49.5 Å². The number of amides is 1. The van der Waals surface area contributed by atoms with Crippen molar-refractivity contribution >= 4 is 43.2 Å². The van der Waals surface area contributed by atoms with Crippen LogP contribution in [-0.2, 0) is 24.8 Å². The van der Waals surface area contributed by atoms with Crippen LogP contribution in [0.2, 0.25) is 5.02 Å². The number of nitrogens with zero attached hydrogens (tertiary/aromatic N) is 1. The van der Waals surface area contributed by atoms with Gasteiger partial charge in [-0.2, -0.15) is 0 Å². The molecule has 3 rings (SSSR count). The van der Waals surface area contributed by atoms with Gasteiger partial charge in [0.1, 0.15) is 17.2 Å². The molecule has 1 amide bonds. The molecule has 0 fully saturated rings. The summed E-state index contributed by atoms with van der Waals surface area (Å²) in [5.74, 6) is -0.491.